The molecule has 0 bridgehead atoms. The topological polar surface area (TPSA) is 42.7 Å². The van der Waals surface area contributed by atoms with E-state index in [0.29, 0.717) is 18.2 Å². The lowest BCUT2D eigenvalue weighted by Gasteiger charge is -2.32. The molecule has 4 rings (SSSR count). The van der Waals surface area contributed by atoms with Crippen LogP contribution in [0.2, 0.25) is 0 Å². The molecule has 27 heavy (non-hydrogen) atoms. The summed E-state index contributed by atoms with van der Waals surface area (Å²) in [5.41, 5.74) is 4.82. The summed E-state index contributed by atoms with van der Waals surface area (Å²) >= 11 is 0. The SMILES string of the molecule is CCc1cc(=O)oc2c(C)c3c(cc12)CN(C[C@H](C)c1ccccc1)CO3. The maximum Gasteiger partial charge on any atom is 0.336 e. The molecule has 0 spiro atoms. The zero-order chi connectivity index (χ0) is 19.0. The molecule has 1 aliphatic rings. The minimum atomic E-state index is -0.295. The molecule has 3 aromatic rings. The first-order valence-corrected chi connectivity index (χ1v) is 9.56. The van der Waals surface area contributed by atoms with Crippen LogP contribution in [0.4, 0.5) is 0 Å². The molecule has 2 heterocycles. The summed E-state index contributed by atoms with van der Waals surface area (Å²) < 4.78 is 11.6. The van der Waals surface area contributed by atoms with E-state index in [1.54, 1.807) is 6.07 Å². The van der Waals surface area contributed by atoms with Crippen molar-refractivity contribution in [1.29, 1.82) is 0 Å². The van der Waals surface area contributed by atoms with Gasteiger partial charge in [0.1, 0.15) is 18.1 Å². The fraction of sp³-hybridized carbons (Fsp3) is 0.348. The van der Waals surface area contributed by atoms with Crippen molar-refractivity contribution in [2.75, 3.05) is 13.3 Å². The molecular weight excluding hydrogens is 338 g/mol. The van der Waals surface area contributed by atoms with E-state index < -0.39 is 0 Å². The Morgan fingerprint density at radius 3 is 2.70 bits per heavy atom. The maximum atomic E-state index is 11.9. The Hall–Kier alpha value is -2.59. The highest BCUT2D eigenvalue weighted by Crippen LogP contribution is 2.36. The van der Waals surface area contributed by atoms with Crippen LogP contribution in [-0.2, 0) is 13.0 Å². The third kappa shape index (κ3) is 3.37. The van der Waals surface area contributed by atoms with Crippen LogP contribution in [0.15, 0.2) is 51.7 Å². The Labute approximate surface area is 159 Å². The van der Waals surface area contributed by atoms with Gasteiger partial charge in [0.15, 0.2) is 0 Å². The van der Waals surface area contributed by atoms with Crippen LogP contribution in [0.1, 0.15) is 42.0 Å². The summed E-state index contributed by atoms with van der Waals surface area (Å²) in [5, 5.41) is 1.02. The zero-order valence-corrected chi connectivity index (χ0v) is 16.1. The molecule has 0 N–H and O–H groups in total. The van der Waals surface area contributed by atoms with Gasteiger partial charge in [0.05, 0.1) is 0 Å². The number of nitrogens with zero attached hydrogens (tertiary/aromatic N) is 1. The van der Waals surface area contributed by atoms with Crippen molar-refractivity contribution >= 4 is 11.0 Å². The van der Waals surface area contributed by atoms with Crippen LogP contribution in [-0.4, -0.2) is 18.2 Å². The average molecular weight is 363 g/mol. The van der Waals surface area contributed by atoms with E-state index in [1.165, 1.54) is 5.56 Å². The predicted molar refractivity (Wildman–Crippen MR) is 107 cm³/mol. The van der Waals surface area contributed by atoms with Crippen molar-refractivity contribution in [3.63, 3.8) is 0 Å². The van der Waals surface area contributed by atoms with Crippen molar-refractivity contribution in [3.05, 3.63) is 75.1 Å². The third-order valence-corrected chi connectivity index (χ3v) is 5.44. The molecule has 0 radical (unpaired) electrons. The summed E-state index contributed by atoms with van der Waals surface area (Å²) in [6.07, 6.45) is 0.802. The Bertz CT molecular complexity index is 1020. The largest absolute Gasteiger partial charge is 0.477 e. The Morgan fingerprint density at radius 1 is 1.19 bits per heavy atom. The summed E-state index contributed by atoms with van der Waals surface area (Å²) in [7, 11) is 0. The highest BCUT2D eigenvalue weighted by Gasteiger charge is 2.24. The number of benzene rings is 2. The van der Waals surface area contributed by atoms with Crippen molar-refractivity contribution in [1.82, 2.24) is 4.90 Å². The summed E-state index contributed by atoms with van der Waals surface area (Å²) in [4.78, 5) is 14.2. The Morgan fingerprint density at radius 2 is 1.96 bits per heavy atom. The lowest BCUT2D eigenvalue weighted by Crippen LogP contribution is -2.35. The summed E-state index contributed by atoms with van der Waals surface area (Å²) in [5.74, 6) is 1.30. The van der Waals surface area contributed by atoms with Crippen LogP contribution in [0.5, 0.6) is 5.75 Å². The number of ether oxygens (including phenoxy) is 1. The first kappa shape index (κ1) is 17.8. The fourth-order valence-corrected chi connectivity index (χ4v) is 4.02. The summed E-state index contributed by atoms with van der Waals surface area (Å²) in [6.45, 7) is 8.62. The van der Waals surface area contributed by atoms with Gasteiger partial charge in [-0.1, -0.05) is 44.2 Å². The quantitative estimate of drug-likeness (QED) is 0.635. The van der Waals surface area contributed by atoms with E-state index in [4.69, 9.17) is 9.15 Å². The highest BCUT2D eigenvalue weighted by molar-refractivity contribution is 5.86. The Balaban J connectivity index is 1.65. The van der Waals surface area contributed by atoms with Gasteiger partial charge in [-0.15, -0.1) is 0 Å². The van der Waals surface area contributed by atoms with Gasteiger partial charge >= 0.3 is 5.63 Å². The van der Waals surface area contributed by atoms with Gasteiger partial charge in [0.2, 0.25) is 0 Å². The highest BCUT2D eigenvalue weighted by atomic mass is 16.5. The van der Waals surface area contributed by atoms with Crippen molar-refractivity contribution in [2.45, 2.75) is 39.7 Å². The second-order valence-corrected chi connectivity index (χ2v) is 7.41. The molecule has 0 saturated carbocycles. The molecular formula is C23H25NO3. The van der Waals surface area contributed by atoms with E-state index in [2.05, 4.69) is 49.1 Å². The number of fused-ring (bicyclic) bond motifs is 2. The Kier molecular flexibility index (Phi) is 4.75. The molecule has 1 aromatic heterocycles. The van der Waals surface area contributed by atoms with Crippen LogP contribution in [0.25, 0.3) is 11.0 Å². The second-order valence-electron chi connectivity index (χ2n) is 7.41. The average Bonchev–Trinajstić information content (AvgIpc) is 2.69. The molecule has 0 amide bonds. The van der Waals surface area contributed by atoms with Gasteiger partial charge in [-0.25, -0.2) is 4.79 Å². The smallest absolute Gasteiger partial charge is 0.336 e. The monoisotopic (exact) mass is 363 g/mol. The fourth-order valence-electron chi connectivity index (χ4n) is 4.02. The van der Waals surface area contributed by atoms with E-state index in [9.17, 15) is 4.79 Å². The molecule has 4 heteroatoms. The second kappa shape index (κ2) is 7.20. The zero-order valence-electron chi connectivity index (χ0n) is 16.1. The molecule has 1 aliphatic heterocycles. The first-order chi connectivity index (χ1) is 13.1. The van der Waals surface area contributed by atoms with Gasteiger partial charge in [-0.05, 0) is 36.5 Å². The number of rotatable bonds is 4. The normalized spacial score (nSPS) is 15.4. The lowest BCUT2D eigenvalue weighted by atomic mass is 9.98. The van der Waals surface area contributed by atoms with Crippen molar-refractivity contribution in [2.24, 2.45) is 0 Å². The molecule has 0 saturated heterocycles. The molecule has 0 fully saturated rings. The molecule has 1 atom stereocenters. The van der Waals surface area contributed by atoms with E-state index >= 15 is 0 Å². The van der Waals surface area contributed by atoms with Crippen LogP contribution >= 0.6 is 0 Å². The first-order valence-electron chi connectivity index (χ1n) is 9.56. The van der Waals surface area contributed by atoms with Crippen LogP contribution < -0.4 is 10.4 Å². The molecule has 140 valence electrons. The predicted octanol–water partition coefficient (Wildman–Crippen LogP) is 4.62. The van der Waals surface area contributed by atoms with Gasteiger partial charge in [-0.2, -0.15) is 0 Å². The number of hydrogen-bond donors (Lipinski definition) is 0. The van der Waals surface area contributed by atoms with Gasteiger partial charge in [0, 0.05) is 35.7 Å². The van der Waals surface area contributed by atoms with E-state index in [-0.39, 0.29) is 5.63 Å². The standard InChI is InChI=1S/C23H25NO3/c1-4-17-11-21(25)27-23-16(3)22-19(10-20(17)23)13-24(14-26-22)12-15(2)18-8-6-5-7-9-18/h5-11,15H,4,12-14H2,1-3H3/t15-/m0/s1. The van der Waals surface area contributed by atoms with Crippen molar-refractivity contribution < 1.29 is 9.15 Å². The molecule has 4 nitrogen and oxygen atoms in total. The van der Waals surface area contributed by atoms with Crippen LogP contribution in [0, 0.1) is 6.92 Å². The maximum absolute atomic E-state index is 11.9. The van der Waals surface area contributed by atoms with E-state index in [0.717, 1.165) is 47.3 Å². The molecule has 2 aromatic carbocycles. The lowest BCUT2D eigenvalue weighted by molar-refractivity contribution is 0.0900. The minimum absolute atomic E-state index is 0.295. The van der Waals surface area contributed by atoms with Gasteiger partial charge in [0.25, 0.3) is 0 Å². The number of hydrogen-bond acceptors (Lipinski definition) is 4. The minimum Gasteiger partial charge on any atom is -0.477 e. The summed E-state index contributed by atoms with van der Waals surface area (Å²) in [6, 6.07) is 14.3. The third-order valence-electron chi connectivity index (χ3n) is 5.44. The molecule has 0 aliphatic carbocycles. The van der Waals surface area contributed by atoms with Gasteiger partial charge in [-0.3, -0.25) is 4.90 Å². The number of aryl methyl sites for hydroxylation is 2. The van der Waals surface area contributed by atoms with Crippen LogP contribution in [0.3, 0.4) is 0 Å². The van der Waals surface area contributed by atoms with E-state index in [1.807, 2.05) is 13.0 Å². The van der Waals surface area contributed by atoms with Crippen molar-refractivity contribution in [3.8, 4) is 5.75 Å². The van der Waals surface area contributed by atoms with Gasteiger partial charge < -0.3 is 9.15 Å². The molecule has 0 unspecified atom stereocenters.